The second kappa shape index (κ2) is 3.10. The molecule has 0 saturated heterocycles. The highest BCUT2D eigenvalue weighted by atomic mass is 79.9. The summed E-state index contributed by atoms with van der Waals surface area (Å²) in [5.41, 5.74) is 1.32. The van der Waals surface area contributed by atoms with Crippen molar-refractivity contribution in [3.05, 3.63) is 34.3 Å². The van der Waals surface area contributed by atoms with E-state index in [-0.39, 0.29) is 11.5 Å². The molecule has 0 heterocycles. The van der Waals surface area contributed by atoms with E-state index < -0.39 is 0 Å². The van der Waals surface area contributed by atoms with Crippen LogP contribution in [-0.4, -0.2) is 11.2 Å². The minimum Gasteiger partial charge on any atom is -0.392 e. The van der Waals surface area contributed by atoms with Gasteiger partial charge in [0.1, 0.15) is 0 Å². The first-order valence-corrected chi connectivity index (χ1v) is 5.38. The third-order valence-electron chi connectivity index (χ3n) is 2.99. The zero-order chi connectivity index (χ0) is 9.47. The molecular formula is C11H13BrO. The Hall–Kier alpha value is -0.340. The molecule has 1 fully saturated rings. The van der Waals surface area contributed by atoms with Gasteiger partial charge in [-0.25, -0.2) is 0 Å². The summed E-state index contributed by atoms with van der Waals surface area (Å²) < 4.78 is 1.09. The lowest BCUT2D eigenvalue weighted by molar-refractivity contribution is 0.150. The average molecular weight is 241 g/mol. The average Bonchev–Trinajstić information content (AvgIpc) is 2.83. The van der Waals surface area contributed by atoms with Crippen LogP contribution in [0.2, 0.25) is 0 Å². The highest BCUT2D eigenvalue weighted by Gasteiger charge is 2.48. The van der Waals surface area contributed by atoms with Crippen molar-refractivity contribution in [2.24, 2.45) is 0 Å². The normalized spacial score (nSPS) is 21.2. The van der Waals surface area contributed by atoms with Crippen molar-refractivity contribution in [2.75, 3.05) is 0 Å². The predicted molar refractivity (Wildman–Crippen MR) is 56.7 cm³/mol. The van der Waals surface area contributed by atoms with Gasteiger partial charge in [0.25, 0.3) is 0 Å². The van der Waals surface area contributed by atoms with Crippen LogP contribution in [0.4, 0.5) is 0 Å². The van der Waals surface area contributed by atoms with Crippen molar-refractivity contribution in [1.29, 1.82) is 0 Å². The van der Waals surface area contributed by atoms with Crippen molar-refractivity contribution in [2.45, 2.75) is 31.3 Å². The van der Waals surface area contributed by atoms with Gasteiger partial charge >= 0.3 is 0 Å². The van der Waals surface area contributed by atoms with Crippen LogP contribution in [0, 0.1) is 0 Å². The molecule has 1 nitrogen and oxygen atoms in total. The summed E-state index contributed by atoms with van der Waals surface area (Å²) in [4.78, 5) is 0. The van der Waals surface area contributed by atoms with Gasteiger partial charge in [0.05, 0.1) is 6.10 Å². The first kappa shape index (κ1) is 9.22. The topological polar surface area (TPSA) is 20.2 Å². The molecule has 0 bridgehead atoms. The molecule has 0 aliphatic heterocycles. The summed E-state index contributed by atoms with van der Waals surface area (Å²) in [6, 6.07) is 8.26. The molecule has 1 saturated carbocycles. The highest BCUT2D eigenvalue weighted by molar-refractivity contribution is 9.10. The summed E-state index contributed by atoms with van der Waals surface area (Å²) in [6.07, 6.45) is 1.99. The van der Waals surface area contributed by atoms with E-state index in [1.54, 1.807) is 0 Å². The molecule has 1 aromatic rings. The highest BCUT2D eigenvalue weighted by Crippen LogP contribution is 2.51. The molecule has 1 N–H and O–H groups in total. The SMILES string of the molecule is CC(O)C1(c2cccc(Br)c2)CC1. The fourth-order valence-electron chi connectivity index (χ4n) is 1.88. The first-order valence-electron chi connectivity index (χ1n) is 4.59. The fraction of sp³-hybridized carbons (Fsp3) is 0.455. The van der Waals surface area contributed by atoms with Gasteiger partial charge in [-0.15, -0.1) is 0 Å². The van der Waals surface area contributed by atoms with Crippen LogP contribution in [-0.2, 0) is 5.41 Å². The van der Waals surface area contributed by atoms with Crippen LogP contribution in [0.15, 0.2) is 28.7 Å². The Kier molecular flexibility index (Phi) is 2.20. The molecule has 0 amide bonds. The van der Waals surface area contributed by atoms with Crippen molar-refractivity contribution in [3.8, 4) is 0 Å². The zero-order valence-corrected chi connectivity index (χ0v) is 9.21. The van der Waals surface area contributed by atoms with Crippen LogP contribution in [0.1, 0.15) is 25.3 Å². The van der Waals surface area contributed by atoms with Crippen molar-refractivity contribution in [3.63, 3.8) is 0 Å². The van der Waals surface area contributed by atoms with E-state index in [0.717, 1.165) is 17.3 Å². The van der Waals surface area contributed by atoms with E-state index in [0.29, 0.717) is 0 Å². The smallest absolute Gasteiger partial charge is 0.0608 e. The van der Waals surface area contributed by atoms with E-state index in [2.05, 4.69) is 28.1 Å². The summed E-state index contributed by atoms with van der Waals surface area (Å²) >= 11 is 3.45. The molecule has 0 spiro atoms. The molecule has 1 atom stereocenters. The maximum Gasteiger partial charge on any atom is 0.0608 e. The monoisotopic (exact) mass is 240 g/mol. The molecule has 1 aliphatic carbocycles. The second-order valence-electron chi connectivity index (χ2n) is 3.84. The maximum absolute atomic E-state index is 9.67. The minimum atomic E-state index is -0.234. The van der Waals surface area contributed by atoms with Gasteiger partial charge in [-0.05, 0) is 37.5 Å². The minimum absolute atomic E-state index is 0.0593. The zero-order valence-electron chi connectivity index (χ0n) is 7.63. The van der Waals surface area contributed by atoms with Gasteiger partial charge < -0.3 is 5.11 Å². The number of hydrogen-bond acceptors (Lipinski definition) is 1. The fourth-order valence-corrected chi connectivity index (χ4v) is 2.28. The number of aliphatic hydroxyl groups is 1. The van der Waals surface area contributed by atoms with Crippen LogP contribution >= 0.6 is 15.9 Å². The van der Waals surface area contributed by atoms with Crippen molar-refractivity contribution < 1.29 is 5.11 Å². The Balaban J connectivity index is 2.35. The van der Waals surface area contributed by atoms with E-state index in [1.807, 2.05) is 19.1 Å². The van der Waals surface area contributed by atoms with E-state index in [4.69, 9.17) is 0 Å². The standard InChI is InChI=1S/C11H13BrO/c1-8(13)11(5-6-11)9-3-2-4-10(12)7-9/h2-4,7-8,13H,5-6H2,1H3. The third-order valence-corrected chi connectivity index (χ3v) is 3.48. The molecule has 0 aromatic heterocycles. The van der Waals surface area contributed by atoms with Crippen LogP contribution in [0.25, 0.3) is 0 Å². The maximum atomic E-state index is 9.67. The van der Waals surface area contributed by atoms with Crippen molar-refractivity contribution >= 4 is 15.9 Å². The van der Waals surface area contributed by atoms with Gasteiger partial charge in [-0.3, -0.25) is 0 Å². The molecule has 1 unspecified atom stereocenters. The molecule has 0 radical (unpaired) electrons. The van der Waals surface area contributed by atoms with Crippen molar-refractivity contribution in [1.82, 2.24) is 0 Å². The van der Waals surface area contributed by atoms with Gasteiger partial charge in [-0.2, -0.15) is 0 Å². The summed E-state index contributed by atoms with van der Waals surface area (Å²) in [5, 5.41) is 9.67. The number of benzene rings is 1. The summed E-state index contributed by atoms with van der Waals surface area (Å²) in [6.45, 7) is 1.88. The first-order chi connectivity index (χ1) is 6.15. The largest absolute Gasteiger partial charge is 0.392 e. The Morgan fingerprint density at radius 3 is 2.62 bits per heavy atom. The van der Waals surface area contributed by atoms with Gasteiger partial charge in [-0.1, -0.05) is 28.1 Å². The molecule has 13 heavy (non-hydrogen) atoms. The quantitative estimate of drug-likeness (QED) is 0.844. The summed E-state index contributed by atoms with van der Waals surface area (Å²) in [7, 11) is 0. The van der Waals surface area contributed by atoms with Crippen LogP contribution in [0.5, 0.6) is 0 Å². The molecule has 1 aliphatic rings. The van der Waals surface area contributed by atoms with Crippen LogP contribution in [0.3, 0.4) is 0 Å². The molecule has 70 valence electrons. The third kappa shape index (κ3) is 1.53. The van der Waals surface area contributed by atoms with Gasteiger partial charge in [0.2, 0.25) is 0 Å². The van der Waals surface area contributed by atoms with E-state index >= 15 is 0 Å². The lowest BCUT2D eigenvalue weighted by Crippen LogP contribution is -2.22. The number of halogens is 1. The summed E-state index contributed by atoms with van der Waals surface area (Å²) in [5.74, 6) is 0. The lowest BCUT2D eigenvalue weighted by Gasteiger charge is -2.19. The Bertz CT molecular complexity index is 316. The van der Waals surface area contributed by atoms with Crippen LogP contribution < -0.4 is 0 Å². The second-order valence-corrected chi connectivity index (χ2v) is 4.76. The lowest BCUT2D eigenvalue weighted by atomic mass is 9.91. The Morgan fingerprint density at radius 2 is 2.15 bits per heavy atom. The molecule has 2 heteroatoms. The number of rotatable bonds is 2. The Morgan fingerprint density at radius 1 is 1.46 bits per heavy atom. The molecular weight excluding hydrogens is 228 g/mol. The number of hydrogen-bond donors (Lipinski definition) is 1. The van der Waals surface area contributed by atoms with Gasteiger partial charge in [0.15, 0.2) is 0 Å². The molecule has 2 rings (SSSR count). The van der Waals surface area contributed by atoms with E-state index in [1.165, 1.54) is 5.56 Å². The molecule has 1 aromatic carbocycles. The predicted octanol–water partition coefficient (Wildman–Crippen LogP) is 2.86. The van der Waals surface area contributed by atoms with E-state index in [9.17, 15) is 5.11 Å². The van der Waals surface area contributed by atoms with Gasteiger partial charge in [0, 0.05) is 9.89 Å². The Labute approximate surface area is 86.9 Å². The number of aliphatic hydroxyl groups excluding tert-OH is 1.